The van der Waals surface area contributed by atoms with Gasteiger partial charge in [0.25, 0.3) is 0 Å². The maximum atomic E-state index is 13.6. The summed E-state index contributed by atoms with van der Waals surface area (Å²) in [6, 6.07) is 4.69. The third kappa shape index (κ3) is 4.23. The van der Waals surface area contributed by atoms with Crippen molar-refractivity contribution in [3.8, 4) is 0 Å². The van der Waals surface area contributed by atoms with Crippen LogP contribution in [0.1, 0.15) is 15.9 Å². The summed E-state index contributed by atoms with van der Waals surface area (Å²) in [6.07, 6.45) is 0. The molecule has 1 aliphatic rings. The second-order valence-corrected chi connectivity index (χ2v) is 5.65. The summed E-state index contributed by atoms with van der Waals surface area (Å²) < 4.78 is 13.6. The number of carboxylic acids is 1. The van der Waals surface area contributed by atoms with Crippen LogP contribution in [0.15, 0.2) is 18.2 Å². The molecule has 1 heterocycles. The number of likely N-dealkylation sites (N-methyl/N-ethyl adjacent to an activating group) is 2. The van der Waals surface area contributed by atoms with Crippen LogP contribution in [-0.4, -0.2) is 67.2 Å². The molecule has 6 heteroatoms. The van der Waals surface area contributed by atoms with E-state index in [9.17, 15) is 9.18 Å². The zero-order chi connectivity index (χ0) is 15.4. The van der Waals surface area contributed by atoms with E-state index in [1.807, 2.05) is 0 Å². The van der Waals surface area contributed by atoms with E-state index in [0.29, 0.717) is 12.6 Å². The molecule has 0 saturated carbocycles. The third-order valence-electron chi connectivity index (χ3n) is 3.95. The molecule has 1 atom stereocenters. The minimum atomic E-state index is -1.24. The van der Waals surface area contributed by atoms with Gasteiger partial charge in [0.15, 0.2) is 0 Å². The molecule has 1 saturated heterocycles. The monoisotopic (exact) mass is 295 g/mol. The van der Waals surface area contributed by atoms with Crippen LogP contribution in [0.25, 0.3) is 0 Å². The summed E-state index contributed by atoms with van der Waals surface area (Å²) in [6.45, 7) is 4.49. The van der Waals surface area contributed by atoms with E-state index in [1.165, 1.54) is 12.1 Å². The summed E-state index contributed by atoms with van der Waals surface area (Å²) in [7, 11) is 4.22. The van der Waals surface area contributed by atoms with Crippen LogP contribution in [0.5, 0.6) is 0 Å². The molecule has 5 nitrogen and oxygen atoms in total. The van der Waals surface area contributed by atoms with Gasteiger partial charge in [0.1, 0.15) is 5.82 Å². The van der Waals surface area contributed by atoms with Gasteiger partial charge < -0.3 is 15.3 Å². The van der Waals surface area contributed by atoms with Crippen LogP contribution in [0, 0.1) is 5.82 Å². The number of hydrogen-bond acceptors (Lipinski definition) is 4. The fraction of sp³-hybridized carbons (Fsp3) is 0.533. The summed E-state index contributed by atoms with van der Waals surface area (Å²) in [5.74, 6) is -1.92. The van der Waals surface area contributed by atoms with Crippen LogP contribution in [0.3, 0.4) is 0 Å². The van der Waals surface area contributed by atoms with Crippen LogP contribution in [-0.2, 0) is 6.54 Å². The first kappa shape index (κ1) is 15.9. The van der Waals surface area contributed by atoms with Gasteiger partial charge in [-0.2, -0.15) is 0 Å². The second kappa shape index (κ2) is 6.98. The van der Waals surface area contributed by atoms with Crippen molar-refractivity contribution < 1.29 is 14.3 Å². The average molecular weight is 295 g/mol. The number of halogens is 1. The van der Waals surface area contributed by atoms with Gasteiger partial charge >= 0.3 is 5.97 Å². The number of piperazine rings is 1. The van der Waals surface area contributed by atoms with Crippen molar-refractivity contribution in [2.24, 2.45) is 0 Å². The summed E-state index contributed by atoms with van der Waals surface area (Å²) in [4.78, 5) is 15.4. The zero-order valence-corrected chi connectivity index (χ0v) is 12.5. The number of hydrogen-bond donors (Lipinski definition) is 2. The number of rotatable bonds is 5. The number of nitrogens with zero attached hydrogens (tertiary/aromatic N) is 2. The van der Waals surface area contributed by atoms with Crippen molar-refractivity contribution in [2.45, 2.75) is 12.6 Å². The molecule has 1 aromatic carbocycles. The highest BCUT2D eigenvalue weighted by Crippen LogP contribution is 2.11. The quantitative estimate of drug-likeness (QED) is 0.844. The van der Waals surface area contributed by atoms with Crippen LogP contribution in [0.2, 0.25) is 0 Å². The summed E-state index contributed by atoms with van der Waals surface area (Å²) in [5.41, 5.74) is 0.469. The van der Waals surface area contributed by atoms with Crippen molar-refractivity contribution >= 4 is 5.97 Å². The van der Waals surface area contributed by atoms with E-state index >= 15 is 0 Å². The maximum absolute atomic E-state index is 13.6. The topological polar surface area (TPSA) is 55.8 Å². The molecule has 0 aliphatic carbocycles. The van der Waals surface area contributed by atoms with E-state index in [0.717, 1.165) is 31.7 Å². The molecule has 0 amide bonds. The molecule has 0 bridgehead atoms. The predicted molar refractivity (Wildman–Crippen MR) is 79.0 cm³/mol. The van der Waals surface area contributed by atoms with Gasteiger partial charge in [-0.25, -0.2) is 9.18 Å². The van der Waals surface area contributed by atoms with E-state index in [4.69, 9.17) is 5.11 Å². The lowest BCUT2D eigenvalue weighted by Crippen LogP contribution is -2.53. The molecule has 0 radical (unpaired) electrons. The van der Waals surface area contributed by atoms with Gasteiger partial charge in [-0.3, -0.25) is 4.90 Å². The lowest BCUT2D eigenvalue weighted by atomic mass is 10.1. The van der Waals surface area contributed by atoms with Gasteiger partial charge in [0, 0.05) is 38.8 Å². The Kier molecular flexibility index (Phi) is 5.27. The number of carbonyl (C=O) groups is 1. The van der Waals surface area contributed by atoms with E-state index in [1.54, 1.807) is 6.07 Å². The molecule has 116 valence electrons. The third-order valence-corrected chi connectivity index (χ3v) is 3.95. The number of nitrogens with one attached hydrogen (secondary N) is 1. The molecular formula is C15H22FN3O2. The smallest absolute Gasteiger partial charge is 0.338 e. The van der Waals surface area contributed by atoms with Crippen molar-refractivity contribution in [1.82, 2.24) is 15.1 Å². The van der Waals surface area contributed by atoms with Crippen molar-refractivity contribution in [1.29, 1.82) is 0 Å². The lowest BCUT2D eigenvalue weighted by molar-refractivity contribution is 0.0692. The molecule has 21 heavy (non-hydrogen) atoms. The fourth-order valence-electron chi connectivity index (χ4n) is 2.55. The Hall–Kier alpha value is -1.50. The molecule has 0 aromatic heterocycles. The summed E-state index contributed by atoms with van der Waals surface area (Å²) >= 11 is 0. The van der Waals surface area contributed by atoms with Gasteiger partial charge in [0.2, 0.25) is 0 Å². The van der Waals surface area contributed by atoms with Crippen LogP contribution in [0.4, 0.5) is 4.39 Å². The zero-order valence-electron chi connectivity index (χ0n) is 12.5. The Morgan fingerprint density at radius 2 is 2.19 bits per heavy atom. The minimum Gasteiger partial charge on any atom is -0.478 e. The highest BCUT2D eigenvalue weighted by atomic mass is 19.1. The Balaban J connectivity index is 1.86. The van der Waals surface area contributed by atoms with E-state index in [2.05, 4.69) is 29.2 Å². The SMILES string of the molecule is CN1CCN(C)C(CNCc2ccc(C(=O)O)c(F)c2)C1. The molecule has 1 aliphatic heterocycles. The highest BCUT2D eigenvalue weighted by Gasteiger charge is 2.21. The van der Waals surface area contributed by atoms with Crippen molar-refractivity contribution in [2.75, 3.05) is 40.3 Å². The predicted octanol–water partition coefficient (Wildman–Crippen LogP) is 0.859. The molecular weight excluding hydrogens is 273 g/mol. The molecule has 0 spiro atoms. The first-order chi connectivity index (χ1) is 9.97. The van der Waals surface area contributed by atoms with Crippen LogP contribution < -0.4 is 5.32 Å². The number of benzene rings is 1. The van der Waals surface area contributed by atoms with Gasteiger partial charge in [-0.1, -0.05) is 6.07 Å². The van der Waals surface area contributed by atoms with Crippen molar-refractivity contribution in [3.05, 3.63) is 35.1 Å². The van der Waals surface area contributed by atoms with Crippen molar-refractivity contribution in [3.63, 3.8) is 0 Å². The van der Waals surface area contributed by atoms with Gasteiger partial charge in [0.05, 0.1) is 5.56 Å². The number of aromatic carboxylic acids is 1. The number of carboxylic acid groups (broad SMARTS) is 1. The second-order valence-electron chi connectivity index (χ2n) is 5.65. The Morgan fingerprint density at radius 1 is 1.43 bits per heavy atom. The molecule has 2 rings (SSSR count). The van der Waals surface area contributed by atoms with E-state index in [-0.39, 0.29) is 5.56 Å². The van der Waals surface area contributed by atoms with E-state index < -0.39 is 11.8 Å². The highest BCUT2D eigenvalue weighted by molar-refractivity contribution is 5.87. The standard InChI is InChI=1S/C15H22FN3O2/c1-18-5-6-19(2)12(10-18)9-17-8-11-3-4-13(15(20)21)14(16)7-11/h3-4,7,12,17H,5-6,8-10H2,1-2H3,(H,20,21). The lowest BCUT2D eigenvalue weighted by Gasteiger charge is -2.37. The first-order valence-electron chi connectivity index (χ1n) is 7.08. The molecule has 1 aromatic rings. The Morgan fingerprint density at radius 3 is 2.86 bits per heavy atom. The van der Waals surface area contributed by atoms with Gasteiger partial charge in [-0.15, -0.1) is 0 Å². The van der Waals surface area contributed by atoms with Gasteiger partial charge in [-0.05, 0) is 31.8 Å². The Labute approximate surface area is 124 Å². The molecule has 2 N–H and O–H groups in total. The largest absolute Gasteiger partial charge is 0.478 e. The minimum absolute atomic E-state index is 0.285. The van der Waals surface area contributed by atoms with Crippen LogP contribution >= 0.6 is 0 Å². The average Bonchev–Trinajstić information content (AvgIpc) is 2.42. The normalized spacial score (nSPS) is 20.6. The first-order valence-corrected chi connectivity index (χ1v) is 7.08. The fourth-order valence-corrected chi connectivity index (χ4v) is 2.55. The Bertz CT molecular complexity index is 510. The molecule has 1 unspecified atom stereocenters. The molecule has 1 fully saturated rings. The maximum Gasteiger partial charge on any atom is 0.338 e. The summed E-state index contributed by atoms with van der Waals surface area (Å²) in [5, 5.41) is 12.1.